The van der Waals surface area contributed by atoms with Crippen LogP contribution in [0.3, 0.4) is 0 Å². The SMILES string of the molecule is NC(=O)c1cn(C2CC2)c2sc(Cl)cc2c1=O. The van der Waals surface area contributed by atoms with Gasteiger partial charge < -0.3 is 10.3 Å². The van der Waals surface area contributed by atoms with Gasteiger partial charge in [-0.1, -0.05) is 11.6 Å². The van der Waals surface area contributed by atoms with Gasteiger partial charge in [0.05, 0.1) is 9.72 Å². The van der Waals surface area contributed by atoms with Crippen LogP contribution in [0.5, 0.6) is 0 Å². The molecular formula is C11H9ClN2O2S. The lowest BCUT2D eigenvalue weighted by Crippen LogP contribution is -2.23. The maximum absolute atomic E-state index is 12.0. The first-order valence-electron chi connectivity index (χ1n) is 5.22. The van der Waals surface area contributed by atoms with Gasteiger partial charge in [0.25, 0.3) is 5.91 Å². The summed E-state index contributed by atoms with van der Waals surface area (Å²) in [5.74, 6) is -0.686. The molecule has 17 heavy (non-hydrogen) atoms. The Kier molecular flexibility index (Phi) is 2.27. The molecule has 88 valence electrons. The molecule has 0 bridgehead atoms. The maximum Gasteiger partial charge on any atom is 0.254 e. The van der Waals surface area contributed by atoms with E-state index in [2.05, 4.69) is 0 Å². The Morgan fingerprint density at radius 2 is 2.24 bits per heavy atom. The summed E-state index contributed by atoms with van der Waals surface area (Å²) in [6, 6.07) is 1.97. The Morgan fingerprint density at radius 1 is 1.53 bits per heavy atom. The van der Waals surface area contributed by atoms with Gasteiger partial charge in [0.15, 0.2) is 0 Å². The predicted molar refractivity (Wildman–Crippen MR) is 67.9 cm³/mol. The Balaban J connectivity index is 2.41. The second-order valence-electron chi connectivity index (χ2n) is 4.14. The molecule has 0 radical (unpaired) electrons. The summed E-state index contributed by atoms with van der Waals surface area (Å²) in [5.41, 5.74) is 4.93. The molecule has 1 fully saturated rings. The number of nitrogens with two attached hydrogens (primary N) is 1. The molecule has 2 aromatic rings. The third kappa shape index (κ3) is 1.66. The summed E-state index contributed by atoms with van der Waals surface area (Å²) < 4.78 is 2.50. The highest BCUT2D eigenvalue weighted by molar-refractivity contribution is 7.22. The van der Waals surface area contributed by atoms with Gasteiger partial charge >= 0.3 is 0 Å². The second-order valence-corrected chi connectivity index (χ2v) is 5.81. The first-order valence-corrected chi connectivity index (χ1v) is 6.41. The van der Waals surface area contributed by atoms with E-state index in [0.29, 0.717) is 15.8 Å². The van der Waals surface area contributed by atoms with Crippen LogP contribution in [-0.4, -0.2) is 10.5 Å². The first kappa shape index (κ1) is 10.8. The standard InChI is InChI=1S/C11H9ClN2O2S/c12-8-3-6-9(15)7(10(13)16)4-14(5-1-2-5)11(6)17-8/h3-5H,1-2H2,(H2,13,16). The number of halogens is 1. The topological polar surface area (TPSA) is 65.1 Å². The van der Waals surface area contributed by atoms with Crippen LogP contribution >= 0.6 is 22.9 Å². The van der Waals surface area contributed by atoms with Crippen molar-refractivity contribution in [3.8, 4) is 0 Å². The fourth-order valence-corrected chi connectivity index (χ4v) is 3.17. The molecule has 1 aliphatic rings. The average Bonchev–Trinajstić information content (AvgIpc) is 3.01. The number of pyridine rings is 1. The summed E-state index contributed by atoms with van der Waals surface area (Å²) in [6.45, 7) is 0. The molecule has 3 rings (SSSR count). The molecule has 0 unspecified atom stereocenters. The van der Waals surface area contributed by atoms with E-state index in [1.165, 1.54) is 11.3 Å². The molecule has 0 atom stereocenters. The maximum atomic E-state index is 12.0. The summed E-state index contributed by atoms with van der Waals surface area (Å²) in [6.07, 6.45) is 3.69. The van der Waals surface area contributed by atoms with E-state index >= 15 is 0 Å². The van der Waals surface area contributed by atoms with Crippen LogP contribution in [0.25, 0.3) is 10.2 Å². The van der Waals surface area contributed by atoms with E-state index in [1.54, 1.807) is 12.3 Å². The molecule has 0 aromatic carbocycles. The Bertz CT molecular complexity index is 685. The first-order chi connectivity index (χ1) is 8.08. The summed E-state index contributed by atoms with van der Waals surface area (Å²) in [5, 5.41) is 0.489. The smallest absolute Gasteiger partial charge is 0.254 e. The van der Waals surface area contributed by atoms with Gasteiger partial charge in [0.1, 0.15) is 10.4 Å². The molecule has 0 saturated heterocycles. The van der Waals surface area contributed by atoms with Crippen molar-refractivity contribution in [2.75, 3.05) is 0 Å². The van der Waals surface area contributed by atoms with Crippen LogP contribution in [-0.2, 0) is 0 Å². The number of fused-ring (bicyclic) bond motifs is 1. The van der Waals surface area contributed by atoms with E-state index in [9.17, 15) is 9.59 Å². The molecule has 1 saturated carbocycles. The molecule has 1 aliphatic carbocycles. The lowest BCUT2D eigenvalue weighted by Gasteiger charge is -2.07. The largest absolute Gasteiger partial charge is 0.365 e. The van der Waals surface area contributed by atoms with Crippen molar-refractivity contribution in [3.05, 3.63) is 32.4 Å². The van der Waals surface area contributed by atoms with Crippen molar-refractivity contribution in [1.82, 2.24) is 4.57 Å². The molecule has 4 nitrogen and oxygen atoms in total. The number of hydrogen-bond donors (Lipinski definition) is 1. The van der Waals surface area contributed by atoms with E-state index in [-0.39, 0.29) is 11.0 Å². The molecular weight excluding hydrogens is 260 g/mol. The minimum absolute atomic E-state index is 0.0406. The lowest BCUT2D eigenvalue weighted by atomic mass is 10.2. The number of amides is 1. The summed E-state index contributed by atoms with van der Waals surface area (Å²) in [7, 11) is 0. The van der Waals surface area contributed by atoms with Crippen molar-refractivity contribution in [2.45, 2.75) is 18.9 Å². The van der Waals surface area contributed by atoms with Gasteiger partial charge in [0, 0.05) is 12.2 Å². The van der Waals surface area contributed by atoms with Crippen molar-refractivity contribution in [3.63, 3.8) is 0 Å². The highest BCUT2D eigenvalue weighted by Crippen LogP contribution is 2.39. The fourth-order valence-electron chi connectivity index (χ4n) is 1.91. The number of carbonyl (C=O) groups excluding carboxylic acids is 1. The van der Waals surface area contributed by atoms with E-state index in [1.807, 2.05) is 4.57 Å². The van der Waals surface area contributed by atoms with Gasteiger partial charge in [0.2, 0.25) is 5.43 Å². The normalized spacial score (nSPS) is 15.4. The summed E-state index contributed by atoms with van der Waals surface area (Å²) in [4.78, 5) is 24.1. The fraction of sp³-hybridized carbons (Fsp3) is 0.273. The zero-order valence-corrected chi connectivity index (χ0v) is 10.3. The van der Waals surface area contributed by atoms with Gasteiger partial charge in [-0.05, 0) is 18.9 Å². The quantitative estimate of drug-likeness (QED) is 0.907. The molecule has 2 heterocycles. The Hall–Kier alpha value is -1.33. The van der Waals surface area contributed by atoms with E-state index in [4.69, 9.17) is 17.3 Å². The lowest BCUT2D eigenvalue weighted by molar-refractivity contribution is 0.0999. The number of hydrogen-bond acceptors (Lipinski definition) is 3. The zero-order valence-electron chi connectivity index (χ0n) is 8.77. The number of primary amides is 1. The molecule has 6 heteroatoms. The number of rotatable bonds is 2. The third-order valence-corrected chi connectivity index (χ3v) is 4.16. The Labute approximate surface area is 106 Å². The van der Waals surface area contributed by atoms with Crippen molar-refractivity contribution in [2.24, 2.45) is 5.73 Å². The molecule has 0 spiro atoms. The van der Waals surface area contributed by atoms with Gasteiger partial charge in [-0.3, -0.25) is 9.59 Å². The van der Waals surface area contributed by atoms with Crippen LogP contribution in [0.4, 0.5) is 0 Å². The highest BCUT2D eigenvalue weighted by atomic mass is 35.5. The van der Waals surface area contributed by atoms with Crippen LogP contribution in [0.2, 0.25) is 4.34 Å². The van der Waals surface area contributed by atoms with Crippen molar-refractivity contribution in [1.29, 1.82) is 0 Å². The van der Waals surface area contributed by atoms with Crippen molar-refractivity contribution >= 4 is 39.1 Å². The minimum atomic E-state index is -0.686. The molecule has 2 N–H and O–H groups in total. The van der Waals surface area contributed by atoms with Crippen molar-refractivity contribution < 1.29 is 4.79 Å². The molecule has 1 amide bonds. The average molecular weight is 269 g/mol. The predicted octanol–water partition coefficient (Wildman–Crippen LogP) is 2.15. The number of aromatic nitrogens is 1. The zero-order chi connectivity index (χ0) is 12.2. The number of nitrogens with zero attached hydrogens (tertiary/aromatic N) is 1. The minimum Gasteiger partial charge on any atom is -0.365 e. The second kappa shape index (κ2) is 3.58. The van der Waals surface area contributed by atoms with Gasteiger partial charge in [-0.2, -0.15) is 0 Å². The monoisotopic (exact) mass is 268 g/mol. The number of carbonyl (C=O) groups is 1. The van der Waals surface area contributed by atoms with Crippen LogP contribution < -0.4 is 11.2 Å². The van der Waals surface area contributed by atoms with Gasteiger partial charge in [-0.15, -0.1) is 11.3 Å². The third-order valence-electron chi connectivity index (χ3n) is 2.88. The molecule has 0 aliphatic heterocycles. The van der Waals surface area contributed by atoms with Crippen LogP contribution in [0, 0.1) is 0 Å². The van der Waals surface area contributed by atoms with Crippen LogP contribution in [0.1, 0.15) is 29.2 Å². The van der Waals surface area contributed by atoms with E-state index in [0.717, 1.165) is 17.7 Å². The van der Waals surface area contributed by atoms with E-state index < -0.39 is 5.91 Å². The van der Waals surface area contributed by atoms with Crippen LogP contribution in [0.15, 0.2) is 17.1 Å². The summed E-state index contributed by atoms with van der Waals surface area (Å²) >= 11 is 7.29. The van der Waals surface area contributed by atoms with Gasteiger partial charge in [-0.25, -0.2) is 0 Å². The molecule has 2 aromatic heterocycles. The Morgan fingerprint density at radius 3 is 2.82 bits per heavy atom. The highest BCUT2D eigenvalue weighted by Gasteiger charge is 2.27. The number of thiophene rings is 1.